The highest BCUT2D eigenvalue weighted by molar-refractivity contribution is 5.78. The van der Waals surface area contributed by atoms with Crippen LogP contribution < -0.4 is 5.32 Å². The molecule has 1 aromatic carbocycles. The summed E-state index contributed by atoms with van der Waals surface area (Å²) < 4.78 is 7.16. The van der Waals surface area contributed by atoms with Gasteiger partial charge in [0.25, 0.3) is 0 Å². The molecule has 0 bridgehead atoms. The fourth-order valence-corrected chi connectivity index (χ4v) is 4.17. The molecule has 170 valence electrons. The number of nitrogens with one attached hydrogen (secondary N) is 1. The van der Waals surface area contributed by atoms with Gasteiger partial charge in [0.1, 0.15) is 5.76 Å². The fraction of sp³-hybridized carbons (Fsp3) is 0.458. The molecule has 1 amide bonds. The van der Waals surface area contributed by atoms with Crippen molar-refractivity contribution in [1.29, 1.82) is 0 Å². The van der Waals surface area contributed by atoms with Crippen LogP contribution in [0.25, 0.3) is 0 Å². The number of amides is 1. The summed E-state index contributed by atoms with van der Waals surface area (Å²) in [5.74, 6) is 0.895. The van der Waals surface area contributed by atoms with E-state index in [1.165, 1.54) is 5.56 Å². The molecule has 1 aliphatic heterocycles. The first-order valence-electron chi connectivity index (χ1n) is 11.2. The molecule has 1 saturated heterocycles. The number of nitrogens with zero attached hydrogens (tertiary/aromatic N) is 5. The van der Waals surface area contributed by atoms with Crippen molar-refractivity contribution in [2.24, 2.45) is 0 Å². The molecule has 0 radical (unpaired) electrons. The molecule has 3 aromatic rings. The van der Waals surface area contributed by atoms with Crippen molar-refractivity contribution in [3.63, 3.8) is 0 Å². The number of carbonyl (C=O) groups is 1. The van der Waals surface area contributed by atoms with Gasteiger partial charge in [0.05, 0.1) is 24.5 Å². The first-order chi connectivity index (χ1) is 15.5. The van der Waals surface area contributed by atoms with E-state index < -0.39 is 0 Å². The normalized spacial score (nSPS) is 15.2. The number of carbonyl (C=O) groups excluding carboxylic acids is 1. The number of benzene rings is 1. The number of aryl methyl sites for hydroxylation is 2. The van der Waals surface area contributed by atoms with Crippen molar-refractivity contribution in [3.8, 4) is 0 Å². The summed E-state index contributed by atoms with van der Waals surface area (Å²) in [6, 6.07) is 12.3. The monoisotopic (exact) mass is 436 g/mol. The van der Waals surface area contributed by atoms with Gasteiger partial charge in [-0.05, 0) is 26.3 Å². The number of rotatable bonds is 8. The zero-order valence-electron chi connectivity index (χ0n) is 19.2. The SMILES string of the molecule is Cc1cc(CN2CCN(CC(=O)NCc3c(C)nn(Cc4ccccc4)c3C)CC2)no1. The molecule has 0 spiro atoms. The maximum Gasteiger partial charge on any atom is 0.234 e. The van der Waals surface area contributed by atoms with Crippen molar-refractivity contribution < 1.29 is 9.32 Å². The molecule has 1 N–H and O–H groups in total. The Bertz CT molecular complexity index is 1030. The smallest absolute Gasteiger partial charge is 0.234 e. The lowest BCUT2D eigenvalue weighted by Crippen LogP contribution is -2.49. The zero-order chi connectivity index (χ0) is 22.5. The van der Waals surface area contributed by atoms with Crippen LogP contribution in [0.4, 0.5) is 0 Å². The third kappa shape index (κ3) is 5.63. The van der Waals surface area contributed by atoms with Gasteiger partial charge in [-0.25, -0.2) is 0 Å². The van der Waals surface area contributed by atoms with Crippen LogP contribution >= 0.6 is 0 Å². The molecular formula is C24H32N6O2. The Balaban J connectivity index is 1.23. The molecule has 0 unspecified atom stereocenters. The van der Waals surface area contributed by atoms with Gasteiger partial charge in [0.15, 0.2) is 0 Å². The van der Waals surface area contributed by atoms with Gasteiger partial charge in [-0.2, -0.15) is 5.10 Å². The molecule has 32 heavy (non-hydrogen) atoms. The average Bonchev–Trinajstić information content (AvgIpc) is 3.31. The van der Waals surface area contributed by atoms with E-state index in [4.69, 9.17) is 4.52 Å². The Morgan fingerprint density at radius 1 is 1.03 bits per heavy atom. The zero-order valence-corrected chi connectivity index (χ0v) is 19.2. The fourth-order valence-electron chi connectivity index (χ4n) is 4.17. The first-order valence-corrected chi connectivity index (χ1v) is 11.2. The Labute approximate surface area is 189 Å². The largest absolute Gasteiger partial charge is 0.361 e. The number of hydrogen-bond donors (Lipinski definition) is 1. The summed E-state index contributed by atoms with van der Waals surface area (Å²) in [6.45, 7) is 12.0. The highest BCUT2D eigenvalue weighted by atomic mass is 16.5. The standard InChI is InChI=1S/C24H32N6O2/c1-18-13-22(27-32-18)16-28-9-11-29(12-10-28)17-24(31)25-14-23-19(2)26-30(20(23)3)15-21-7-5-4-6-8-21/h4-8,13H,9-12,14-17H2,1-3H3,(H,25,31). The van der Waals surface area contributed by atoms with E-state index in [1.54, 1.807) is 0 Å². The minimum Gasteiger partial charge on any atom is -0.361 e. The molecule has 3 heterocycles. The second-order valence-corrected chi connectivity index (χ2v) is 8.55. The Hall–Kier alpha value is -2.97. The van der Waals surface area contributed by atoms with Gasteiger partial charge in [0.2, 0.25) is 5.91 Å². The Kier molecular flexibility index (Phi) is 7.02. The van der Waals surface area contributed by atoms with E-state index in [9.17, 15) is 4.79 Å². The molecule has 2 aromatic heterocycles. The van der Waals surface area contributed by atoms with E-state index in [0.29, 0.717) is 13.1 Å². The van der Waals surface area contributed by atoms with E-state index in [0.717, 1.165) is 67.7 Å². The molecule has 4 rings (SSSR count). The summed E-state index contributed by atoms with van der Waals surface area (Å²) in [4.78, 5) is 17.1. The summed E-state index contributed by atoms with van der Waals surface area (Å²) in [6.07, 6.45) is 0. The lowest BCUT2D eigenvalue weighted by Gasteiger charge is -2.33. The van der Waals surface area contributed by atoms with Crippen molar-refractivity contribution >= 4 is 5.91 Å². The van der Waals surface area contributed by atoms with Crippen molar-refractivity contribution in [1.82, 2.24) is 30.1 Å². The van der Waals surface area contributed by atoms with Crippen LogP contribution in [-0.2, 0) is 24.4 Å². The van der Waals surface area contributed by atoms with Gasteiger partial charge in [-0.15, -0.1) is 0 Å². The van der Waals surface area contributed by atoms with E-state index >= 15 is 0 Å². The molecule has 8 nitrogen and oxygen atoms in total. The van der Waals surface area contributed by atoms with Gasteiger partial charge in [0, 0.05) is 56.6 Å². The number of aromatic nitrogens is 3. The highest BCUT2D eigenvalue weighted by Crippen LogP contribution is 2.15. The summed E-state index contributed by atoms with van der Waals surface area (Å²) in [7, 11) is 0. The minimum absolute atomic E-state index is 0.0557. The van der Waals surface area contributed by atoms with E-state index in [-0.39, 0.29) is 5.91 Å². The minimum atomic E-state index is 0.0557. The second-order valence-electron chi connectivity index (χ2n) is 8.55. The summed E-state index contributed by atoms with van der Waals surface area (Å²) in [5.41, 5.74) is 5.35. The maximum absolute atomic E-state index is 12.6. The predicted molar refractivity (Wildman–Crippen MR) is 122 cm³/mol. The second kappa shape index (κ2) is 10.1. The quantitative estimate of drug-likeness (QED) is 0.584. The van der Waals surface area contributed by atoms with E-state index in [2.05, 4.69) is 44.4 Å². The Morgan fingerprint density at radius 2 is 1.75 bits per heavy atom. The number of piperazine rings is 1. The van der Waals surface area contributed by atoms with Crippen molar-refractivity contribution in [2.45, 2.75) is 40.4 Å². The molecule has 1 fully saturated rings. The third-order valence-electron chi connectivity index (χ3n) is 6.06. The maximum atomic E-state index is 12.6. The molecule has 0 aliphatic carbocycles. The van der Waals surface area contributed by atoms with Crippen LogP contribution in [0.15, 0.2) is 40.9 Å². The molecule has 1 aliphatic rings. The van der Waals surface area contributed by atoms with Crippen LogP contribution in [0.1, 0.15) is 34.0 Å². The molecule has 8 heteroatoms. The average molecular weight is 437 g/mol. The van der Waals surface area contributed by atoms with Crippen LogP contribution in [0, 0.1) is 20.8 Å². The summed E-state index contributed by atoms with van der Waals surface area (Å²) >= 11 is 0. The van der Waals surface area contributed by atoms with Gasteiger partial charge < -0.3 is 9.84 Å². The van der Waals surface area contributed by atoms with Crippen LogP contribution in [-0.4, -0.2) is 63.4 Å². The van der Waals surface area contributed by atoms with E-state index in [1.807, 2.05) is 42.8 Å². The predicted octanol–water partition coefficient (Wildman–Crippen LogP) is 2.28. The number of hydrogen-bond acceptors (Lipinski definition) is 6. The topological polar surface area (TPSA) is 79.4 Å². The van der Waals surface area contributed by atoms with Crippen molar-refractivity contribution in [2.75, 3.05) is 32.7 Å². The molecule has 0 saturated carbocycles. The molecular weight excluding hydrogens is 404 g/mol. The highest BCUT2D eigenvalue weighted by Gasteiger charge is 2.20. The van der Waals surface area contributed by atoms with Gasteiger partial charge >= 0.3 is 0 Å². The lowest BCUT2D eigenvalue weighted by atomic mass is 10.2. The van der Waals surface area contributed by atoms with Crippen molar-refractivity contribution in [3.05, 3.63) is 70.4 Å². The third-order valence-corrected chi connectivity index (χ3v) is 6.06. The first kappa shape index (κ1) is 22.2. The van der Waals surface area contributed by atoms with Crippen LogP contribution in [0.5, 0.6) is 0 Å². The van der Waals surface area contributed by atoms with Gasteiger partial charge in [-0.3, -0.25) is 19.3 Å². The Morgan fingerprint density at radius 3 is 2.44 bits per heavy atom. The summed E-state index contributed by atoms with van der Waals surface area (Å²) in [5, 5.41) is 11.8. The van der Waals surface area contributed by atoms with Gasteiger partial charge in [-0.1, -0.05) is 35.5 Å². The van der Waals surface area contributed by atoms with Crippen LogP contribution in [0.2, 0.25) is 0 Å². The molecule has 0 atom stereocenters. The van der Waals surface area contributed by atoms with Crippen LogP contribution in [0.3, 0.4) is 0 Å². The lowest BCUT2D eigenvalue weighted by molar-refractivity contribution is -0.122.